The summed E-state index contributed by atoms with van der Waals surface area (Å²) in [5, 5.41) is 29.7. The molecule has 3 N–H and O–H groups in total. The minimum atomic E-state index is -1.05. The zero-order chi connectivity index (χ0) is 18.1. The van der Waals surface area contributed by atoms with Crippen molar-refractivity contribution >= 4 is 11.2 Å². The number of hydrogen-bond donors (Lipinski definition) is 3. The number of nitrogens with zero attached hydrogens (tertiary/aromatic N) is 5. The predicted molar refractivity (Wildman–Crippen MR) is 86.8 cm³/mol. The Balaban J connectivity index is 1.64. The van der Waals surface area contributed by atoms with E-state index in [0.717, 1.165) is 0 Å². The van der Waals surface area contributed by atoms with E-state index >= 15 is 0 Å². The van der Waals surface area contributed by atoms with Crippen LogP contribution in [0.1, 0.15) is 11.9 Å². The fraction of sp³-hybridized carbons (Fsp3) is 0.375. The molecule has 0 aliphatic carbocycles. The number of aliphatic hydroxyl groups excluding tert-OH is 2. The Hall–Kier alpha value is -2.66. The van der Waals surface area contributed by atoms with Gasteiger partial charge in [0.15, 0.2) is 17.4 Å². The first-order valence-electron chi connectivity index (χ1n) is 8.01. The van der Waals surface area contributed by atoms with Crippen LogP contribution in [0.2, 0.25) is 0 Å². The highest BCUT2D eigenvalue weighted by Gasteiger charge is 2.46. The summed E-state index contributed by atoms with van der Waals surface area (Å²) in [6.07, 6.45) is 0.830. The zero-order valence-corrected chi connectivity index (χ0v) is 13.6. The van der Waals surface area contributed by atoms with Crippen LogP contribution in [0.5, 0.6) is 5.88 Å². The molecule has 1 aliphatic rings. The van der Waals surface area contributed by atoms with E-state index in [1.165, 1.54) is 12.7 Å². The summed E-state index contributed by atoms with van der Waals surface area (Å²) in [5.41, 5.74) is 1.24. The van der Waals surface area contributed by atoms with Gasteiger partial charge in [0.25, 0.3) is 0 Å². The van der Waals surface area contributed by atoms with E-state index in [1.54, 1.807) is 22.9 Å². The van der Waals surface area contributed by atoms with E-state index in [2.05, 4.69) is 19.9 Å². The Bertz CT molecular complexity index is 889. The fourth-order valence-electron chi connectivity index (χ4n) is 2.96. The molecule has 1 aliphatic heterocycles. The van der Waals surface area contributed by atoms with Crippen molar-refractivity contribution in [1.29, 1.82) is 0 Å². The Labute approximate surface area is 147 Å². The molecule has 136 valence electrons. The number of ether oxygens (including phenoxy) is 2. The van der Waals surface area contributed by atoms with Gasteiger partial charge in [-0.25, -0.2) is 9.97 Å². The van der Waals surface area contributed by atoms with Crippen molar-refractivity contribution in [3.63, 3.8) is 0 Å². The van der Waals surface area contributed by atoms with Crippen LogP contribution in [0.3, 0.4) is 0 Å². The van der Waals surface area contributed by atoms with Gasteiger partial charge >= 0.3 is 0 Å². The van der Waals surface area contributed by atoms with Gasteiger partial charge in [0.05, 0.1) is 25.2 Å². The monoisotopic (exact) mass is 359 g/mol. The molecule has 0 saturated carbocycles. The molecule has 1 fully saturated rings. The maximum absolute atomic E-state index is 10.5. The molecule has 3 aromatic heterocycles. The van der Waals surface area contributed by atoms with Gasteiger partial charge in [0, 0.05) is 6.20 Å². The third-order valence-electron chi connectivity index (χ3n) is 4.26. The third-order valence-corrected chi connectivity index (χ3v) is 4.26. The van der Waals surface area contributed by atoms with Crippen LogP contribution in [0.15, 0.2) is 37.1 Å². The molecule has 10 heteroatoms. The summed E-state index contributed by atoms with van der Waals surface area (Å²) in [4.78, 5) is 16.1. The second-order valence-corrected chi connectivity index (χ2v) is 5.86. The number of rotatable bonds is 5. The van der Waals surface area contributed by atoms with Gasteiger partial charge in [0.2, 0.25) is 5.88 Å². The molecular weight excluding hydrogens is 342 g/mol. The standard InChI is InChI=1S/C16H17N5O5/c22-5-10-12(23)13(25-6-9-3-1-2-4-17-9)16(26-10)21-8-20-11-14(21)18-7-19-15(11)24/h1-4,7-8,10,12-13,16,22-23H,5-6H2,(H,18,19,24)/t10-,12-,13-,16-/m1/s1. The smallest absolute Gasteiger partial charge is 0.242 e. The molecule has 26 heavy (non-hydrogen) atoms. The second kappa shape index (κ2) is 6.92. The van der Waals surface area contributed by atoms with Crippen LogP contribution >= 0.6 is 0 Å². The van der Waals surface area contributed by atoms with Gasteiger partial charge in [-0.15, -0.1) is 0 Å². The number of aliphatic hydroxyl groups is 2. The molecule has 0 bridgehead atoms. The van der Waals surface area contributed by atoms with E-state index in [1.807, 2.05) is 6.07 Å². The van der Waals surface area contributed by atoms with Gasteiger partial charge in [0.1, 0.15) is 24.6 Å². The number of hydrogen-bond acceptors (Lipinski definition) is 9. The highest BCUT2D eigenvalue weighted by molar-refractivity contribution is 5.75. The molecule has 3 aromatic rings. The molecule has 0 spiro atoms. The highest BCUT2D eigenvalue weighted by Crippen LogP contribution is 2.34. The number of imidazole rings is 1. The first-order chi connectivity index (χ1) is 12.7. The highest BCUT2D eigenvalue weighted by atomic mass is 16.6. The van der Waals surface area contributed by atoms with Gasteiger partial charge in [-0.05, 0) is 12.1 Å². The normalized spacial score (nSPS) is 25.8. The number of aromatic nitrogens is 5. The molecule has 4 heterocycles. The average Bonchev–Trinajstić information content (AvgIpc) is 3.23. The van der Waals surface area contributed by atoms with Crippen LogP contribution < -0.4 is 0 Å². The van der Waals surface area contributed by atoms with Crippen LogP contribution in [0.25, 0.3) is 11.2 Å². The number of aromatic hydroxyl groups is 1. The minimum absolute atomic E-state index is 0.160. The van der Waals surface area contributed by atoms with E-state index in [0.29, 0.717) is 11.3 Å². The first-order valence-corrected chi connectivity index (χ1v) is 8.01. The lowest BCUT2D eigenvalue weighted by atomic mass is 10.1. The van der Waals surface area contributed by atoms with Crippen molar-refractivity contribution in [2.45, 2.75) is 31.1 Å². The van der Waals surface area contributed by atoms with E-state index in [-0.39, 0.29) is 24.6 Å². The SMILES string of the molecule is OC[C@H]1O[C@@H](n2cnc3c(O)ncnc32)[C@H](OCc2ccccn2)[C@@H]1O. The molecule has 1 saturated heterocycles. The lowest BCUT2D eigenvalue weighted by molar-refractivity contribution is -0.0767. The van der Waals surface area contributed by atoms with E-state index < -0.39 is 24.5 Å². The van der Waals surface area contributed by atoms with Crippen molar-refractivity contribution in [2.24, 2.45) is 0 Å². The Morgan fingerprint density at radius 2 is 2.08 bits per heavy atom. The lowest BCUT2D eigenvalue weighted by Gasteiger charge is -2.21. The average molecular weight is 359 g/mol. The van der Waals surface area contributed by atoms with Crippen molar-refractivity contribution in [3.05, 3.63) is 42.7 Å². The van der Waals surface area contributed by atoms with Crippen molar-refractivity contribution in [1.82, 2.24) is 24.5 Å². The van der Waals surface area contributed by atoms with Gasteiger partial charge in [-0.2, -0.15) is 4.98 Å². The zero-order valence-electron chi connectivity index (χ0n) is 13.6. The summed E-state index contributed by atoms with van der Waals surface area (Å²) in [6, 6.07) is 5.44. The largest absolute Gasteiger partial charge is 0.492 e. The van der Waals surface area contributed by atoms with Gasteiger partial charge in [-0.1, -0.05) is 6.07 Å². The Morgan fingerprint density at radius 3 is 2.85 bits per heavy atom. The molecule has 0 unspecified atom stereocenters. The Morgan fingerprint density at radius 1 is 1.19 bits per heavy atom. The lowest BCUT2D eigenvalue weighted by Crippen LogP contribution is -2.35. The molecule has 4 rings (SSSR count). The summed E-state index contributed by atoms with van der Waals surface area (Å²) in [7, 11) is 0. The maximum atomic E-state index is 10.5. The van der Waals surface area contributed by atoms with Crippen LogP contribution in [0, 0.1) is 0 Å². The topological polar surface area (TPSA) is 136 Å². The molecule has 0 radical (unpaired) electrons. The van der Waals surface area contributed by atoms with Crippen LogP contribution in [-0.2, 0) is 16.1 Å². The molecular formula is C16H17N5O5. The summed E-state index contributed by atoms with van der Waals surface area (Å²) < 4.78 is 13.1. The van der Waals surface area contributed by atoms with E-state index in [9.17, 15) is 15.3 Å². The quantitative estimate of drug-likeness (QED) is 0.564. The molecule has 4 atom stereocenters. The molecule has 0 amide bonds. The fourth-order valence-corrected chi connectivity index (χ4v) is 2.96. The van der Waals surface area contributed by atoms with Gasteiger partial charge in [-0.3, -0.25) is 9.55 Å². The van der Waals surface area contributed by atoms with Crippen molar-refractivity contribution in [3.8, 4) is 5.88 Å². The predicted octanol–water partition coefficient (Wildman–Crippen LogP) is -0.237. The summed E-state index contributed by atoms with van der Waals surface area (Å²) in [5.74, 6) is -0.253. The van der Waals surface area contributed by atoms with Crippen molar-refractivity contribution in [2.75, 3.05) is 6.61 Å². The number of fused-ring (bicyclic) bond motifs is 1. The Kier molecular flexibility index (Phi) is 4.47. The molecule has 0 aromatic carbocycles. The molecule has 10 nitrogen and oxygen atoms in total. The van der Waals surface area contributed by atoms with Crippen LogP contribution in [-0.4, -0.2) is 64.7 Å². The third kappa shape index (κ3) is 2.88. The van der Waals surface area contributed by atoms with Gasteiger partial charge < -0.3 is 24.8 Å². The number of pyridine rings is 1. The van der Waals surface area contributed by atoms with E-state index in [4.69, 9.17) is 9.47 Å². The second-order valence-electron chi connectivity index (χ2n) is 5.86. The first kappa shape index (κ1) is 16.8. The van der Waals surface area contributed by atoms with Crippen LogP contribution in [0.4, 0.5) is 0 Å². The maximum Gasteiger partial charge on any atom is 0.242 e. The van der Waals surface area contributed by atoms with Crippen molar-refractivity contribution < 1.29 is 24.8 Å². The minimum Gasteiger partial charge on any atom is -0.492 e. The summed E-state index contributed by atoms with van der Waals surface area (Å²) in [6.45, 7) is -0.207. The summed E-state index contributed by atoms with van der Waals surface area (Å²) >= 11 is 0.